The van der Waals surface area contributed by atoms with Crippen LogP contribution in [0, 0.1) is 0 Å². The first-order valence-electron chi connectivity index (χ1n) is 8.76. The molecule has 3 heterocycles. The van der Waals surface area contributed by atoms with Gasteiger partial charge in [0.1, 0.15) is 12.0 Å². The first-order chi connectivity index (χ1) is 12.8. The average molecular weight is 366 g/mol. The third kappa shape index (κ3) is 2.77. The molecule has 0 bridgehead atoms. The van der Waals surface area contributed by atoms with E-state index in [0.29, 0.717) is 24.0 Å². The third-order valence-electron chi connectivity index (χ3n) is 4.50. The number of anilines is 1. The predicted octanol–water partition coefficient (Wildman–Crippen LogP) is 3.22. The smallest absolute Gasteiger partial charge is 0.324 e. The van der Waals surface area contributed by atoms with Crippen molar-refractivity contribution in [1.82, 2.24) is 24.6 Å². The molecule has 1 aromatic carbocycles. The minimum absolute atomic E-state index is 0.0932. The molecule has 0 N–H and O–H groups in total. The topological polar surface area (TPSA) is 80.3 Å². The quantitative estimate of drug-likeness (QED) is 0.660. The fourth-order valence-corrected chi connectivity index (χ4v) is 3.09. The molecule has 1 aliphatic heterocycles. The summed E-state index contributed by atoms with van der Waals surface area (Å²) in [5.74, 6) is 0.988. The van der Waals surface area contributed by atoms with Crippen LogP contribution in [0.15, 0.2) is 35.1 Å². The van der Waals surface area contributed by atoms with E-state index >= 15 is 0 Å². The Morgan fingerprint density at radius 2 is 1.89 bits per heavy atom. The van der Waals surface area contributed by atoms with E-state index in [9.17, 15) is 4.79 Å². The lowest BCUT2D eigenvalue weighted by Gasteiger charge is -2.32. The molecule has 0 aliphatic carbocycles. The lowest BCUT2D eigenvalue weighted by Crippen LogP contribution is -2.41. The van der Waals surface area contributed by atoms with Crippen LogP contribution >= 0.6 is 0 Å². The molecule has 27 heavy (non-hydrogen) atoms. The van der Waals surface area contributed by atoms with Crippen LogP contribution in [-0.2, 0) is 12.0 Å². The number of carbonyl (C=O) groups is 1. The Balaban J connectivity index is 1.83. The van der Waals surface area contributed by atoms with E-state index in [1.165, 1.54) is 0 Å². The molecule has 1 aliphatic rings. The van der Waals surface area contributed by atoms with Gasteiger partial charge >= 0.3 is 6.03 Å². The normalized spacial score (nSPS) is 13.3. The van der Waals surface area contributed by atoms with Crippen LogP contribution < -0.4 is 4.90 Å². The van der Waals surface area contributed by atoms with Crippen molar-refractivity contribution in [3.8, 4) is 17.2 Å². The van der Waals surface area contributed by atoms with Gasteiger partial charge in [0.25, 0.3) is 0 Å². The van der Waals surface area contributed by atoms with Gasteiger partial charge < -0.3 is 9.42 Å². The summed E-state index contributed by atoms with van der Waals surface area (Å²) in [5.41, 5.74) is 2.97. The van der Waals surface area contributed by atoms with Gasteiger partial charge in [-0.3, -0.25) is 9.47 Å². The zero-order valence-electron chi connectivity index (χ0n) is 16.1. The molecule has 0 radical (unpaired) electrons. The van der Waals surface area contributed by atoms with Crippen molar-refractivity contribution in [3.63, 3.8) is 0 Å². The number of fused-ring (bicyclic) bond motifs is 3. The van der Waals surface area contributed by atoms with Crippen molar-refractivity contribution in [2.75, 3.05) is 19.0 Å². The molecule has 0 atom stereocenters. The van der Waals surface area contributed by atoms with Gasteiger partial charge in [-0.15, -0.1) is 0 Å². The summed E-state index contributed by atoms with van der Waals surface area (Å²) in [5, 5.41) is 4.12. The Morgan fingerprint density at radius 1 is 1.19 bits per heavy atom. The molecule has 8 heteroatoms. The summed E-state index contributed by atoms with van der Waals surface area (Å²) in [6.45, 7) is 6.42. The van der Waals surface area contributed by atoms with E-state index in [4.69, 9.17) is 4.52 Å². The Labute approximate surface area is 157 Å². The second-order valence-electron chi connectivity index (χ2n) is 7.83. The lowest BCUT2D eigenvalue weighted by atomic mass is 9.97. The number of imidazole rings is 1. The van der Waals surface area contributed by atoms with E-state index in [-0.39, 0.29) is 11.4 Å². The van der Waals surface area contributed by atoms with E-state index in [1.54, 1.807) is 30.2 Å². The largest absolute Gasteiger partial charge is 0.338 e. The lowest BCUT2D eigenvalue weighted by molar-refractivity contribution is 0.223. The predicted molar refractivity (Wildman–Crippen MR) is 101 cm³/mol. The van der Waals surface area contributed by atoms with Crippen LogP contribution in [0.5, 0.6) is 0 Å². The maximum Gasteiger partial charge on any atom is 0.324 e. The highest BCUT2D eigenvalue weighted by molar-refractivity contribution is 5.95. The summed E-state index contributed by atoms with van der Waals surface area (Å²) in [6, 6.07) is 7.68. The maximum atomic E-state index is 12.7. The molecule has 0 saturated carbocycles. The van der Waals surface area contributed by atoms with Gasteiger partial charge in [-0.1, -0.05) is 38.1 Å². The Morgan fingerprint density at radius 3 is 2.52 bits per heavy atom. The molecule has 2 amide bonds. The molecule has 0 spiro atoms. The van der Waals surface area contributed by atoms with Gasteiger partial charge in [0.2, 0.25) is 11.7 Å². The number of amides is 2. The van der Waals surface area contributed by atoms with Crippen molar-refractivity contribution in [2.24, 2.45) is 0 Å². The molecular formula is C19H22N6O2. The van der Waals surface area contributed by atoms with E-state index in [1.807, 2.05) is 49.6 Å². The molecule has 140 valence electrons. The number of carbonyl (C=O) groups excluding carboxylic acids is 1. The zero-order chi connectivity index (χ0) is 19.3. The number of nitrogens with zero attached hydrogens (tertiary/aromatic N) is 6. The number of aromatic nitrogens is 4. The molecule has 4 rings (SSSR count). The summed E-state index contributed by atoms with van der Waals surface area (Å²) >= 11 is 0. The van der Waals surface area contributed by atoms with Gasteiger partial charge in [0.15, 0.2) is 0 Å². The third-order valence-corrected chi connectivity index (χ3v) is 4.50. The molecule has 8 nitrogen and oxygen atoms in total. The van der Waals surface area contributed by atoms with Crippen LogP contribution in [-0.4, -0.2) is 44.7 Å². The summed E-state index contributed by atoms with van der Waals surface area (Å²) in [4.78, 5) is 25.1. The Bertz CT molecular complexity index is 1010. The standard InChI is InChI=1S/C19H22N6O2/c1-19(2,3)17-21-16(22-27-17)15-14-10-24(18(26)23(4)5)12-8-6-7-9-13(12)25(14)11-20-15/h6-9,11H,10H2,1-5H3. The molecule has 0 fully saturated rings. The number of urea groups is 1. The number of hydrogen-bond acceptors (Lipinski definition) is 5. The van der Waals surface area contributed by atoms with Crippen LogP contribution in [0.1, 0.15) is 32.4 Å². The SMILES string of the molecule is CN(C)C(=O)N1Cc2c(-c3noc(C(C)(C)C)n3)ncn2-c2ccccc21. The number of hydrogen-bond donors (Lipinski definition) is 0. The highest BCUT2D eigenvalue weighted by Gasteiger charge is 2.32. The monoisotopic (exact) mass is 366 g/mol. The van der Waals surface area contributed by atoms with Gasteiger partial charge in [-0.2, -0.15) is 4.98 Å². The Hall–Kier alpha value is -3.16. The minimum atomic E-state index is -0.245. The molecular weight excluding hydrogens is 344 g/mol. The van der Waals surface area contributed by atoms with Crippen LogP contribution in [0.25, 0.3) is 17.2 Å². The summed E-state index contributed by atoms with van der Waals surface area (Å²) in [6.07, 6.45) is 1.74. The first-order valence-corrected chi connectivity index (χ1v) is 8.76. The first kappa shape index (κ1) is 17.3. The van der Waals surface area contributed by atoms with Gasteiger partial charge in [-0.05, 0) is 12.1 Å². The fourth-order valence-electron chi connectivity index (χ4n) is 3.09. The molecule has 3 aromatic rings. The van der Waals surface area contributed by atoms with Crippen LogP contribution in [0.2, 0.25) is 0 Å². The summed E-state index contributed by atoms with van der Waals surface area (Å²) in [7, 11) is 3.49. The second kappa shape index (κ2) is 5.94. The van der Waals surface area contributed by atoms with Gasteiger partial charge in [-0.25, -0.2) is 9.78 Å². The van der Waals surface area contributed by atoms with Crippen LogP contribution in [0.4, 0.5) is 10.5 Å². The van der Waals surface area contributed by atoms with Gasteiger partial charge in [0.05, 0.1) is 23.6 Å². The van der Waals surface area contributed by atoms with Crippen molar-refractivity contribution >= 4 is 11.7 Å². The fraction of sp³-hybridized carbons (Fsp3) is 0.368. The van der Waals surface area contributed by atoms with E-state index in [2.05, 4.69) is 15.1 Å². The van der Waals surface area contributed by atoms with Crippen molar-refractivity contribution in [3.05, 3.63) is 42.2 Å². The number of rotatable bonds is 1. The summed E-state index contributed by atoms with van der Waals surface area (Å²) < 4.78 is 7.41. The van der Waals surface area contributed by atoms with E-state index in [0.717, 1.165) is 17.1 Å². The number of benzene rings is 1. The maximum absolute atomic E-state index is 12.7. The molecule has 0 saturated heterocycles. The van der Waals surface area contributed by atoms with Crippen molar-refractivity contribution in [1.29, 1.82) is 0 Å². The molecule has 0 unspecified atom stereocenters. The zero-order valence-corrected chi connectivity index (χ0v) is 16.1. The average Bonchev–Trinajstić information content (AvgIpc) is 3.26. The van der Waals surface area contributed by atoms with Crippen LogP contribution in [0.3, 0.4) is 0 Å². The highest BCUT2D eigenvalue weighted by atomic mass is 16.5. The Kier molecular flexibility index (Phi) is 3.80. The van der Waals surface area contributed by atoms with Crippen molar-refractivity contribution in [2.45, 2.75) is 32.7 Å². The number of para-hydroxylation sites is 2. The van der Waals surface area contributed by atoms with Crippen molar-refractivity contribution < 1.29 is 9.32 Å². The second-order valence-corrected chi connectivity index (χ2v) is 7.83. The van der Waals surface area contributed by atoms with E-state index < -0.39 is 0 Å². The highest BCUT2D eigenvalue weighted by Crippen LogP contribution is 2.36. The minimum Gasteiger partial charge on any atom is -0.338 e. The molecule has 2 aromatic heterocycles. The van der Waals surface area contributed by atoms with Gasteiger partial charge in [0, 0.05) is 19.5 Å².